The molecule has 1 unspecified atom stereocenters. The Hall–Kier alpha value is -1.31. The Labute approximate surface area is 113 Å². The Balaban J connectivity index is 2.62. The number of aliphatic carboxylic acids is 1. The monoisotopic (exact) mass is 292 g/mol. The van der Waals surface area contributed by atoms with E-state index in [1.165, 1.54) is 9.80 Å². The second kappa shape index (κ2) is 6.23. The molecule has 1 atom stereocenters. The van der Waals surface area contributed by atoms with Gasteiger partial charge in [-0.2, -0.15) is 0 Å². The first-order valence-corrected chi connectivity index (χ1v) is 8.03. The molecule has 7 nitrogen and oxygen atoms in total. The van der Waals surface area contributed by atoms with Crippen LogP contribution in [0.3, 0.4) is 0 Å². The summed E-state index contributed by atoms with van der Waals surface area (Å²) in [6, 6.07) is -0.623. The van der Waals surface area contributed by atoms with Crippen molar-refractivity contribution in [3.63, 3.8) is 0 Å². The predicted molar refractivity (Wildman–Crippen MR) is 69.7 cm³/mol. The summed E-state index contributed by atoms with van der Waals surface area (Å²) in [6.07, 6.45) is 0.331. The van der Waals surface area contributed by atoms with Gasteiger partial charge in [-0.25, -0.2) is 13.2 Å². The van der Waals surface area contributed by atoms with E-state index in [1.54, 1.807) is 14.0 Å². The summed E-state index contributed by atoms with van der Waals surface area (Å²) in [5, 5.41) is 8.63. The van der Waals surface area contributed by atoms with Gasteiger partial charge in [0.25, 0.3) is 0 Å². The van der Waals surface area contributed by atoms with Crippen molar-refractivity contribution in [1.82, 2.24) is 9.80 Å². The number of carboxylic acid groups (broad SMARTS) is 1. The van der Waals surface area contributed by atoms with Crippen molar-refractivity contribution in [3.8, 4) is 0 Å². The maximum atomic E-state index is 12.1. The molecule has 8 heteroatoms. The highest BCUT2D eigenvalue weighted by atomic mass is 32.2. The second-order valence-corrected chi connectivity index (χ2v) is 6.90. The largest absolute Gasteiger partial charge is 0.481 e. The van der Waals surface area contributed by atoms with Crippen molar-refractivity contribution in [2.75, 3.05) is 31.6 Å². The quantitative estimate of drug-likeness (QED) is 0.771. The average molecular weight is 292 g/mol. The number of nitrogens with zero attached hydrogens (tertiary/aromatic N) is 2. The summed E-state index contributed by atoms with van der Waals surface area (Å²) in [5.74, 6) is -0.861. The molecule has 110 valence electrons. The lowest BCUT2D eigenvalue weighted by atomic mass is 10.2. The molecule has 0 aromatic heterocycles. The van der Waals surface area contributed by atoms with E-state index >= 15 is 0 Å². The van der Waals surface area contributed by atoms with Crippen molar-refractivity contribution in [2.24, 2.45) is 0 Å². The van der Waals surface area contributed by atoms with Gasteiger partial charge in [0.05, 0.1) is 17.9 Å². The Kier molecular flexibility index (Phi) is 5.16. The Morgan fingerprint density at radius 2 is 2.00 bits per heavy atom. The maximum absolute atomic E-state index is 12.1. The molecular weight excluding hydrogens is 272 g/mol. The molecular formula is C11H20N2O5S. The standard InChI is InChI=1S/C11H20N2O5S/c1-3-13(6-4-10(14)15)11(16)12(2)9-5-7-19(17,18)8-9/h9H,3-8H2,1-2H3,(H,14,15). The second-order valence-electron chi connectivity index (χ2n) is 4.67. The van der Waals surface area contributed by atoms with Crippen molar-refractivity contribution < 1.29 is 23.1 Å². The van der Waals surface area contributed by atoms with Crippen molar-refractivity contribution in [2.45, 2.75) is 25.8 Å². The molecule has 2 amide bonds. The van der Waals surface area contributed by atoms with Crippen LogP contribution in [0.2, 0.25) is 0 Å². The van der Waals surface area contributed by atoms with Crippen LogP contribution < -0.4 is 0 Å². The number of hydrogen-bond acceptors (Lipinski definition) is 4. The normalized spacial score (nSPS) is 21.1. The van der Waals surface area contributed by atoms with Crippen molar-refractivity contribution in [1.29, 1.82) is 0 Å². The van der Waals surface area contributed by atoms with E-state index in [9.17, 15) is 18.0 Å². The van der Waals surface area contributed by atoms with E-state index in [-0.39, 0.29) is 36.5 Å². The molecule has 1 heterocycles. The van der Waals surface area contributed by atoms with E-state index in [4.69, 9.17) is 5.11 Å². The van der Waals surface area contributed by atoms with Gasteiger partial charge >= 0.3 is 12.0 Å². The molecule has 0 radical (unpaired) electrons. The molecule has 1 fully saturated rings. The van der Waals surface area contributed by atoms with Crippen LogP contribution in [-0.2, 0) is 14.6 Å². The summed E-state index contributed by atoms with van der Waals surface area (Å²) in [6.45, 7) is 2.30. The first-order valence-electron chi connectivity index (χ1n) is 6.20. The van der Waals surface area contributed by atoms with Gasteiger partial charge in [0.2, 0.25) is 0 Å². The number of hydrogen-bond donors (Lipinski definition) is 1. The number of carboxylic acids is 1. The van der Waals surface area contributed by atoms with Crippen LogP contribution in [0.1, 0.15) is 19.8 Å². The lowest BCUT2D eigenvalue weighted by Gasteiger charge is -2.30. The number of carbonyl (C=O) groups is 2. The van der Waals surface area contributed by atoms with Crippen LogP contribution in [0.15, 0.2) is 0 Å². The number of carbonyl (C=O) groups excluding carboxylic acids is 1. The van der Waals surface area contributed by atoms with Gasteiger partial charge in [0.1, 0.15) is 0 Å². The number of sulfone groups is 1. The Bertz CT molecular complexity index is 448. The molecule has 19 heavy (non-hydrogen) atoms. The van der Waals surface area contributed by atoms with E-state index in [1.807, 2.05) is 0 Å². The zero-order valence-corrected chi connectivity index (χ0v) is 12.0. The molecule has 0 spiro atoms. The maximum Gasteiger partial charge on any atom is 0.320 e. The summed E-state index contributed by atoms with van der Waals surface area (Å²) < 4.78 is 22.8. The third-order valence-electron chi connectivity index (χ3n) is 3.31. The van der Waals surface area contributed by atoms with E-state index < -0.39 is 15.8 Å². The van der Waals surface area contributed by atoms with Crippen LogP contribution in [0.4, 0.5) is 4.79 Å². The summed E-state index contributed by atoms with van der Waals surface area (Å²) in [7, 11) is -1.47. The van der Waals surface area contributed by atoms with Crippen LogP contribution in [-0.4, -0.2) is 73.0 Å². The molecule has 1 rings (SSSR count). The van der Waals surface area contributed by atoms with E-state index in [2.05, 4.69) is 0 Å². The number of urea groups is 1. The molecule has 0 aromatic carbocycles. The van der Waals surface area contributed by atoms with E-state index in [0.29, 0.717) is 13.0 Å². The predicted octanol–water partition coefficient (Wildman–Crippen LogP) is 0.0219. The first-order chi connectivity index (χ1) is 8.76. The van der Waals surface area contributed by atoms with Crippen LogP contribution in [0.5, 0.6) is 0 Å². The smallest absolute Gasteiger partial charge is 0.320 e. The molecule has 1 saturated heterocycles. The van der Waals surface area contributed by atoms with Gasteiger partial charge in [0.15, 0.2) is 9.84 Å². The van der Waals surface area contributed by atoms with Gasteiger partial charge in [-0.1, -0.05) is 0 Å². The van der Waals surface area contributed by atoms with Gasteiger partial charge in [0, 0.05) is 26.2 Å². The van der Waals surface area contributed by atoms with Crippen molar-refractivity contribution in [3.05, 3.63) is 0 Å². The molecule has 0 aromatic rings. The number of rotatable bonds is 5. The van der Waals surface area contributed by atoms with Gasteiger partial charge in [-0.3, -0.25) is 4.79 Å². The molecule has 1 aliphatic rings. The van der Waals surface area contributed by atoms with E-state index in [0.717, 1.165) is 0 Å². The third-order valence-corrected chi connectivity index (χ3v) is 5.06. The molecule has 1 aliphatic heterocycles. The third kappa shape index (κ3) is 4.38. The fourth-order valence-corrected chi connectivity index (χ4v) is 3.85. The molecule has 0 saturated carbocycles. The fraction of sp³-hybridized carbons (Fsp3) is 0.818. The van der Waals surface area contributed by atoms with Gasteiger partial charge in [-0.15, -0.1) is 0 Å². The number of amides is 2. The van der Waals surface area contributed by atoms with Crippen LogP contribution >= 0.6 is 0 Å². The minimum absolute atomic E-state index is 0.00821. The summed E-state index contributed by atoms with van der Waals surface area (Å²) in [5.41, 5.74) is 0. The highest BCUT2D eigenvalue weighted by Gasteiger charge is 2.34. The summed E-state index contributed by atoms with van der Waals surface area (Å²) >= 11 is 0. The van der Waals surface area contributed by atoms with Crippen LogP contribution in [0, 0.1) is 0 Å². The fourth-order valence-electron chi connectivity index (χ4n) is 2.08. The molecule has 1 N–H and O–H groups in total. The first kappa shape index (κ1) is 15.7. The lowest BCUT2D eigenvalue weighted by Crippen LogP contribution is -2.47. The van der Waals surface area contributed by atoms with Gasteiger partial charge < -0.3 is 14.9 Å². The topological polar surface area (TPSA) is 95.0 Å². The lowest BCUT2D eigenvalue weighted by molar-refractivity contribution is -0.137. The Morgan fingerprint density at radius 3 is 2.42 bits per heavy atom. The highest BCUT2D eigenvalue weighted by Crippen LogP contribution is 2.17. The minimum atomic E-state index is -3.04. The minimum Gasteiger partial charge on any atom is -0.481 e. The Morgan fingerprint density at radius 1 is 1.37 bits per heavy atom. The molecule has 0 bridgehead atoms. The molecule has 0 aliphatic carbocycles. The zero-order chi connectivity index (χ0) is 14.6. The van der Waals surface area contributed by atoms with Crippen molar-refractivity contribution >= 4 is 21.8 Å². The average Bonchev–Trinajstić information content (AvgIpc) is 2.68. The highest BCUT2D eigenvalue weighted by molar-refractivity contribution is 7.91. The van der Waals surface area contributed by atoms with Gasteiger partial charge in [-0.05, 0) is 13.3 Å². The summed E-state index contributed by atoms with van der Waals surface area (Å²) in [4.78, 5) is 25.5. The SMILES string of the molecule is CCN(CCC(=O)O)C(=O)N(C)C1CCS(=O)(=O)C1. The van der Waals surface area contributed by atoms with Crippen LogP contribution in [0.25, 0.3) is 0 Å². The zero-order valence-electron chi connectivity index (χ0n) is 11.2.